The van der Waals surface area contributed by atoms with Gasteiger partial charge in [0, 0.05) is 10.6 Å². The van der Waals surface area contributed by atoms with Crippen molar-refractivity contribution in [2.75, 3.05) is 19.0 Å². The Balaban J connectivity index is 1.43. The Morgan fingerprint density at radius 3 is 2.38 bits per heavy atom. The van der Waals surface area contributed by atoms with E-state index in [2.05, 4.69) is 10.6 Å². The Labute approximate surface area is 202 Å². The molecule has 1 aliphatic rings. The summed E-state index contributed by atoms with van der Waals surface area (Å²) in [4.78, 5) is 40.4. The molecule has 1 fully saturated rings. The highest BCUT2D eigenvalue weighted by molar-refractivity contribution is 7.98. The van der Waals surface area contributed by atoms with E-state index in [0.29, 0.717) is 17.0 Å². The first-order valence-electron chi connectivity index (χ1n) is 10.7. The largest absolute Gasteiger partial charge is 0.497 e. The second-order valence-corrected chi connectivity index (χ2v) is 9.01. The van der Waals surface area contributed by atoms with Gasteiger partial charge in [0.2, 0.25) is 5.91 Å². The van der Waals surface area contributed by atoms with Crippen molar-refractivity contribution < 1.29 is 19.1 Å². The van der Waals surface area contributed by atoms with Gasteiger partial charge in [0.25, 0.3) is 5.91 Å². The Bertz CT molecular complexity index is 1200. The predicted molar refractivity (Wildman–Crippen MR) is 132 cm³/mol. The summed E-state index contributed by atoms with van der Waals surface area (Å²) in [7, 11) is 1.55. The van der Waals surface area contributed by atoms with E-state index in [1.807, 2.05) is 48.5 Å². The zero-order valence-corrected chi connectivity index (χ0v) is 19.7. The molecule has 1 saturated heterocycles. The van der Waals surface area contributed by atoms with Crippen LogP contribution in [0.3, 0.4) is 0 Å². The van der Waals surface area contributed by atoms with E-state index >= 15 is 0 Å². The Morgan fingerprint density at radius 2 is 1.68 bits per heavy atom. The zero-order valence-electron chi connectivity index (χ0n) is 18.9. The van der Waals surface area contributed by atoms with Gasteiger partial charge in [0.1, 0.15) is 17.8 Å². The van der Waals surface area contributed by atoms with Gasteiger partial charge < -0.3 is 15.4 Å². The predicted octanol–water partition coefficient (Wildman–Crippen LogP) is 4.39. The fraction of sp³-hybridized carbons (Fsp3) is 0.192. The SMILES string of the molecule is COc1ccc(C2(C)NC(=O)N(CC(=O)Nc3ccccc3SCc3ccccc3)C2=O)cc1. The number of methoxy groups -OCH3 is 1. The van der Waals surface area contributed by atoms with Crippen molar-refractivity contribution in [2.24, 2.45) is 0 Å². The maximum absolute atomic E-state index is 13.1. The molecule has 0 bridgehead atoms. The first-order valence-corrected chi connectivity index (χ1v) is 11.7. The highest BCUT2D eigenvalue weighted by Crippen LogP contribution is 2.31. The van der Waals surface area contributed by atoms with Crippen molar-refractivity contribution >= 4 is 35.3 Å². The van der Waals surface area contributed by atoms with Gasteiger partial charge in [-0.05, 0) is 42.3 Å². The van der Waals surface area contributed by atoms with Crippen molar-refractivity contribution in [3.8, 4) is 5.75 Å². The molecule has 1 heterocycles. The molecule has 3 aromatic carbocycles. The van der Waals surface area contributed by atoms with Crippen LogP contribution in [0.5, 0.6) is 5.75 Å². The highest BCUT2D eigenvalue weighted by Gasteiger charge is 2.49. The van der Waals surface area contributed by atoms with E-state index < -0.39 is 23.4 Å². The number of anilines is 1. The average Bonchev–Trinajstić information content (AvgIpc) is 3.08. The Kier molecular flexibility index (Phi) is 6.88. The van der Waals surface area contributed by atoms with Crippen molar-refractivity contribution in [1.29, 1.82) is 0 Å². The van der Waals surface area contributed by atoms with Gasteiger partial charge in [-0.3, -0.25) is 14.5 Å². The third-order valence-corrected chi connectivity index (χ3v) is 6.79. The highest BCUT2D eigenvalue weighted by atomic mass is 32.2. The van der Waals surface area contributed by atoms with E-state index in [0.717, 1.165) is 15.5 Å². The first-order chi connectivity index (χ1) is 16.4. The maximum Gasteiger partial charge on any atom is 0.325 e. The molecular weight excluding hydrogens is 450 g/mol. The van der Waals surface area contributed by atoms with E-state index in [4.69, 9.17) is 4.74 Å². The lowest BCUT2D eigenvalue weighted by Gasteiger charge is -2.22. The normalized spacial score (nSPS) is 17.4. The lowest BCUT2D eigenvalue weighted by Crippen LogP contribution is -2.42. The number of benzene rings is 3. The fourth-order valence-corrected chi connectivity index (χ4v) is 4.69. The number of carbonyl (C=O) groups is 3. The number of thioether (sulfide) groups is 1. The van der Waals surface area contributed by atoms with Gasteiger partial charge in [-0.25, -0.2) is 4.79 Å². The van der Waals surface area contributed by atoms with Gasteiger partial charge >= 0.3 is 6.03 Å². The van der Waals surface area contributed by atoms with Gasteiger partial charge in [-0.15, -0.1) is 11.8 Å². The van der Waals surface area contributed by atoms with Gasteiger partial charge in [0.05, 0.1) is 12.8 Å². The molecule has 1 unspecified atom stereocenters. The third kappa shape index (κ3) is 4.92. The molecule has 3 aromatic rings. The summed E-state index contributed by atoms with van der Waals surface area (Å²) in [5.41, 5.74) is 1.16. The summed E-state index contributed by atoms with van der Waals surface area (Å²) in [6, 6.07) is 23.8. The molecule has 0 spiro atoms. The Hall–Kier alpha value is -3.78. The topological polar surface area (TPSA) is 87.7 Å². The number of nitrogens with zero attached hydrogens (tertiary/aromatic N) is 1. The number of carbonyl (C=O) groups excluding carboxylic acids is 3. The van der Waals surface area contributed by atoms with Crippen LogP contribution in [-0.2, 0) is 20.9 Å². The van der Waals surface area contributed by atoms with Crippen LogP contribution in [-0.4, -0.2) is 36.4 Å². The van der Waals surface area contributed by atoms with Crippen molar-refractivity contribution in [2.45, 2.75) is 23.1 Å². The van der Waals surface area contributed by atoms with Crippen LogP contribution in [0.15, 0.2) is 83.8 Å². The summed E-state index contributed by atoms with van der Waals surface area (Å²) >= 11 is 1.60. The molecular formula is C26H25N3O4S. The van der Waals surface area contributed by atoms with E-state index in [-0.39, 0.29) is 6.54 Å². The number of hydrogen-bond donors (Lipinski definition) is 2. The molecule has 34 heavy (non-hydrogen) atoms. The summed E-state index contributed by atoms with van der Waals surface area (Å²) < 4.78 is 5.16. The van der Waals surface area contributed by atoms with Crippen LogP contribution in [0.25, 0.3) is 0 Å². The van der Waals surface area contributed by atoms with Crippen LogP contribution < -0.4 is 15.4 Å². The fourth-order valence-electron chi connectivity index (χ4n) is 3.72. The molecule has 0 aromatic heterocycles. The number of imide groups is 1. The van der Waals surface area contributed by atoms with Crippen molar-refractivity contribution in [3.05, 3.63) is 90.0 Å². The van der Waals surface area contributed by atoms with Crippen LogP contribution in [0.1, 0.15) is 18.1 Å². The van der Waals surface area contributed by atoms with E-state index in [1.54, 1.807) is 56.1 Å². The number of nitrogens with one attached hydrogen (secondary N) is 2. The smallest absolute Gasteiger partial charge is 0.325 e. The van der Waals surface area contributed by atoms with Crippen LogP contribution in [0.2, 0.25) is 0 Å². The molecule has 0 saturated carbocycles. The van der Waals surface area contributed by atoms with Crippen LogP contribution in [0.4, 0.5) is 10.5 Å². The van der Waals surface area contributed by atoms with E-state index in [1.165, 1.54) is 5.56 Å². The molecule has 4 rings (SSSR count). The van der Waals surface area contributed by atoms with Crippen LogP contribution >= 0.6 is 11.8 Å². The molecule has 2 N–H and O–H groups in total. The van der Waals surface area contributed by atoms with E-state index in [9.17, 15) is 14.4 Å². The third-order valence-electron chi connectivity index (χ3n) is 5.64. The molecule has 0 aliphatic carbocycles. The number of urea groups is 1. The minimum absolute atomic E-state index is 0.381. The van der Waals surface area contributed by atoms with Gasteiger partial charge in [0.15, 0.2) is 0 Å². The molecule has 7 nitrogen and oxygen atoms in total. The number of para-hydroxylation sites is 1. The molecule has 4 amide bonds. The van der Waals surface area contributed by atoms with Crippen molar-refractivity contribution in [1.82, 2.24) is 10.2 Å². The molecule has 1 aliphatic heterocycles. The number of hydrogen-bond acceptors (Lipinski definition) is 5. The first kappa shape index (κ1) is 23.4. The maximum atomic E-state index is 13.1. The quantitative estimate of drug-likeness (QED) is 0.373. The van der Waals surface area contributed by atoms with Crippen LogP contribution in [0, 0.1) is 0 Å². The summed E-state index contributed by atoms with van der Waals surface area (Å²) in [6.45, 7) is 1.25. The lowest BCUT2D eigenvalue weighted by atomic mass is 9.92. The number of ether oxygens (including phenoxy) is 1. The molecule has 174 valence electrons. The number of rotatable bonds is 8. The Morgan fingerprint density at radius 1 is 1.00 bits per heavy atom. The summed E-state index contributed by atoms with van der Waals surface area (Å²) in [6.07, 6.45) is 0. The standard InChI is InChI=1S/C26H25N3O4S/c1-26(19-12-14-20(33-2)15-13-19)24(31)29(25(32)28-26)16-23(30)27-21-10-6-7-11-22(21)34-17-18-8-4-3-5-9-18/h3-15H,16-17H2,1-2H3,(H,27,30)(H,28,32). The molecule has 1 atom stereocenters. The van der Waals surface area contributed by atoms with Crippen molar-refractivity contribution in [3.63, 3.8) is 0 Å². The number of amides is 4. The monoisotopic (exact) mass is 475 g/mol. The minimum Gasteiger partial charge on any atom is -0.497 e. The van der Waals surface area contributed by atoms with Gasteiger partial charge in [-0.2, -0.15) is 0 Å². The average molecular weight is 476 g/mol. The summed E-state index contributed by atoms with van der Waals surface area (Å²) in [5, 5.41) is 5.56. The molecule has 0 radical (unpaired) electrons. The zero-order chi connectivity index (χ0) is 24.1. The van der Waals surface area contributed by atoms with Gasteiger partial charge in [-0.1, -0.05) is 54.6 Å². The molecule has 8 heteroatoms. The summed E-state index contributed by atoms with van der Waals surface area (Å²) in [5.74, 6) is 0.463. The second kappa shape index (κ2) is 10.0. The second-order valence-electron chi connectivity index (χ2n) is 7.99. The minimum atomic E-state index is -1.26. The lowest BCUT2D eigenvalue weighted by molar-refractivity contribution is -0.133.